The molecule has 0 saturated carbocycles. The SMILES string of the molecule is C=CCN1C(=O)C(Nc2cccc(S(=O)(=O)N3CCCC3)c2)=C(c2ccc(F)cc2)C1=O. The highest BCUT2D eigenvalue weighted by Crippen LogP contribution is 2.31. The molecule has 0 spiro atoms. The Hall–Kier alpha value is -3.30. The Morgan fingerprint density at radius 3 is 2.38 bits per heavy atom. The highest BCUT2D eigenvalue weighted by atomic mass is 32.2. The Labute approximate surface area is 185 Å². The van der Waals surface area contributed by atoms with Gasteiger partial charge >= 0.3 is 0 Å². The number of sulfonamides is 1. The lowest BCUT2D eigenvalue weighted by Gasteiger charge is -2.16. The molecule has 2 aromatic carbocycles. The van der Waals surface area contributed by atoms with Crippen molar-refractivity contribution in [3.8, 4) is 0 Å². The van der Waals surface area contributed by atoms with E-state index in [9.17, 15) is 22.4 Å². The van der Waals surface area contributed by atoms with Crippen molar-refractivity contribution >= 4 is 33.1 Å². The summed E-state index contributed by atoms with van der Waals surface area (Å²) in [6, 6.07) is 11.4. The van der Waals surface area contributed by atoms with Gasteiger partial charge in [0.2, 0.25) is 10.0 Å². The van der Waals surface area contributed by atoms with Gasteiger partial charge in [-0.3, -0.25) is 14.5 Å². The van der Waals surface area contributed by atoms with Gasteiger partial charge in [0.15, 0.2) is 0 Å². The summed E-state index contributed by atoms with van der Waals surface area (Å²) in [5.41, 5.74) is 0.810. The lowest BCUT2D eigenvalue weighted by atomic mass is 10.0. The van der Waals surface area contributed by atoms with E-state index in [0.717, 1.165) is 17.7 Å². The van der Waals surface area contributed by atoms with E-state index in [2.05, 4.69) is 11.9 Å². The van der Waals surface area contributed by atoms with Gasteiger partial charge < -0.3 is 5.32 Å². The van der Waals surface area contributed by atoms with Crippen molar-refractivity contribution in [3.05, 3.63) is 78.3 Å². The van der Waals surface area contributed by atoms with E-state index >= 15 is 0 Å². The number of carbonyl (C=O) groups excluding carboxylic acids is 2. The highest BCUT2D eigenvalue weighted by molar-refractivity contribution is 7.89. The van der Waals surface area contributed by atoms with Gasteiger partial charge in [-0.15, -0.1) is 6.58 Å². The lowest BCUT2D eigenvalue weighted by molar-refractivity contribution is -0.136. The van der Waals surface area contributed by atoms with E-state index < -0.39 is 27.7 Å². The van der Waals surface area contributed by atoms with Crippen LogP contribution in [0.4, 0.5) is 10.1 Å². The Morgan fingerprint density at radius 2 is 1.72 bits per heavy atom. The summed E-state index contributed by atoms with van der Waals surface area (Å²) in [5.74, 6) is -1.57. The number of rotatable bonds is 7. The van der Waals surface area contributed by atoms with Crippen LogP contribution in [-0.4, -0.2) is 49.1 Å². The molecule has 2 amide bonds. The molecule has 1 N–H and O–H groups in total. The zero-order valence-electron chi connectivity index (χ0n) is 17.3. The molecule has 0 aliphatic carbocycles. The summed E-state index contributed by atoms with van der Waals surface area (Å²) in [5, 5.41) is 2.93. The third-order valence-electron chi connectivity index (χ3n) is 5.42. The molecule has 2 aliphatic heterocycles. The lowest BCUT2D eigenvalue weighted by Crippen LogP contribution is -2.32. The Morgan fingerprint density at radius 1 is 1.03 bits per heavy atom. The van der Waals surface area contributed by atoms with E-state index in [4.69, 9.17) is 0 Å². The third kappa shape index (κ3) is 3.96. The van der Waals surface area contributed by atoms with Crippen LogP contribution in [0.2, 0.25) is 0 Å². The van der Waals surface area contributed by atoms with Gasteiger partial charge in [0, 0.05) is 25.3 Å². The zero-order chi connectivity index (χ0) is 22.9. The second-order valence-corrected chi connectivity index (χ2v) is 9.47. The molecule has 2 aromatic rings. The first-order valence-electron chi connectivity index (χ1n) is 10.2. The van der Waals surface area contributed by atoms with Gasteiger partial charge in [-0.25, -0.2) is 12.8 Å². The van der Waals surface area contributed by atoms with Crippen LogP contribution in [0, 0.1) is 5.82 Å². The number of imide groups is 1. The van der Waals surface area contributed by atoms with Gasteiger partial charge in [0.1, 0.15) is 11.5 Å². The molecule has 1 fully saturated rings. The molecule has 7 nitrogen and oxygen atoms in total. The Balaban J connectivity index is 1.73. The van der Waals surface area contributed by atoms with Crippen molar-refractivity contribution in [2.24, 2.45) is 0 Å². The molecule has 4 rings (SSSR count). The molecule has 0 unspecified atom stereocenters. The molecule has 166 valence electrons. The van der Waals surface area contributed by atoms with Crippen LogP contribution in [0.25, 0.3) is 5.57 Å². The Kier molecular flexibility index (Phi) is 5.94. The zero-order valence-corrected chi connectivity index (χ0v) is 18.1. The van der Waals surface area contributed by atoms with Crippen LogP contribution in [-0.2, 0) is 19.6 Å². The largest absolute Gasteiger partial charge is 0.350 e. The van der Waals surface area contributed by atoms with Crippen LogP contribution in [0.5, 0.6) is 0 Å². The second-order valence-electron chi connectivity index (χ2n) is 7.53. The summed E-state index contributed by atoms with van der Waals surface area (Å²) >= 11 is 0. The fraction of sp³-hybridized carbons (Fsp3) is 0.217. The van der Waals surface area contributed by atoms with Crippen molar-refractivity contribution in [1.29, 1.82) is 0 Å². The number of nitrogens with one attached hydrogen (secondary N) is 1. The molecule has 0 radical (unpaired) electrons. The van der Waals surface area contributed by atoms with Crippen molar-refractivity contribution < 1.29 is 22.4 Å². The maximum atomic E-state index is 13.4. The van der Waals surface area contributed by atoms with Crippen LogP contribution >= 0.6 is 0 Å². The van der Waals surface area contributed by atoms with E-state index in [-0.39, 0.29) is 22.7 Å². The molecular formula is C23H22FN3O4S. The quantitative estimate of drug-likeness (QED) is 0.512. The number of amides is 2. The minimum Gasteiger partial charge on any atom is -0.350 e. The van der Waals surface area contributed by atoms with Gasteiger partial charge in [-0.2, -0.15) is 4.31 Å². The minimum atomic E-state index is -3.65. The first kappa shape index (κ1) is 21.9. The molecule has 2 aliphatic rings. The van der Waals surface area contributed by atoms with Gasteiger partial charge in [0.25, 0.3) is 11.8 Å². The maximum Gasteiger partial charge on any atom is 0.278 e. The smallest absolute Gasteiger partial charge is 0.278 e. The number of halogens is 1. The first-order chi connectivity index (χ1) is 15.3. The standard InChI is InChI=1S/C23H22FN3O4S/c1-2-12-27-22(28)20(16-8-10-17(24)11-9-16)21(23(27)29)25-18-6-5-7-19(15-18)32(30,31)26-13-3-4-14-26/h2,5-11,15,25H,1,3-4,12-14H2. The molecule has 32 heavy (non-hydrogen) atoms. The normalized spacial score (nSPS) is 17.3. The number of nitrogens with zero attached hydrogens (tertiary/aromatic N) is 2. The number of benzene rings is 2. The number of hydrogen-bond donors (Lipinski definition) is 1. The molecule has 0 bridgehead atoms. The van der Waals surface area contributed by atoms with Crippen molar-refractivity contribution in [1.82, 2.24) is 9.21 Å². The molecule has 0 aromatic heterocycles. The molecular weight excluding hydrogens is 433 g/mol. The predicted molar refractivity (Wildman–Crippen MR) is 118 cm³/mol. The van der Waals surface area contributed by atoms with Crippen molar-refractivity contribution in [3.63, 3.8) is 0 Å². The number of carbonyl (C=O) groups is 2. The van der Waals surface area contributed by atoms with Gasteiger partial charge in [0.05, 0.1) is 10.5 Å². The molecule has 0 atom stereocenters. The number of anilines is 1. The van der Waals surface area contributed by atoms with E-state index in [0.29, 0.717) is 24.3 Å². The monoisotopic (exact) mass is 455 g/mol. The topological polar surface area (TPSA) is 86.8 Å². The van der Waals surface area contributed by atoms with Crippen LogP contribution in [0.15, 0.2) is 71.8 Å². The summed E-state index contributed by atoms with van der Waals surface area (Å²) in [4.78, 5) is 27.1. The van der Waals surface area contributed by atoms with Gasteiger partial charge in [-0.05, 0) is 48.7 Å². The van der Waals surface area contributed by atoms with E-state index in [1.54, 1.807) is 12.1 Å². The molecule has 2 heterocycles. The van der Waals surface area contributed by atoms with E-state index in [1.807, 2.05) is 0 Å². The third-order valence-corrected chi connectivity index (χ3v) is 7.31. The average molecular weight is 456 g/mol. The van der Waals surface area contributed by atoms with Crippen molar-refractivity contribution in [2.75, 3.05) is 25.0 Å². The Bertz CT molecular complexity index is 1220. The fourth-order valence-corrected chi connectivity index (χ4v) is 5.39. The number of hydrogen-bond acceptors (Lipinski definition) is 5. The second kappa shape index (κ2) is 8.68. The maximum absolute atomic E-state index is 13.4. The van der Waals surface area contributed by atoms with Gasteiger partial charge in [-0.1, -0.05) is 24.3 Å². The van der Waals surface area contributed by atoms with Crippen LogP contribution < -0.4 is 5.32 Å². The fourth-order valence-electron chi connectivity index (χ4n) is 3.83. The highest BCUT2D eigenvalue weighted by Gasteiger charge is 2.38. The molecule has 9 heteroatoms. The summed E-state index contributed by atoms with van der Waals surface area (Å²) in [6.45, 7) is 4.54. The van der Waals surface area contributed by atoms with Crippen molar-refractivity contribution in [2.45, 2.75) is 17.7 Å². The van der Waals surface area contributed by atoms with Crippen LogP contribution in [0.3, 0.4) is 0 Å². The summed E-state index contributed by atoms with van der Waals surface area (Å²) < 4.78 is 40.7. The van der Waals surface area contributed by atoms with Crippen LogP contribution in [0.1, 0.15) is 18.4 Å². The summed E-state index contributed by atoms with van der Waals surface area (Å²) in [7, 11) is -3.65. The predicted octanol–water partition coefficient (Wildman–Crippen LogP) is 2.99. The van der Waals surface area contributed by atoms with E-state index in [1.165, 1.54) is 46.8 Å². The average Bonchev–Trinajstić information content (AvgIpc) is 3.40. The first-order valence-corrected chi connectivity index (χ1v) is 11.6. The minimum absolute atomic E-state index is 0.000761. The summed E-state index contributed by atoms with van der Waals surface area (Å²) in [6.07, 6.45) is 3.08. The molecule has 1 saturated heterocycles.